The molecule has 23 heavy (non-hydrogen) atoms. The van der Waals surface area contributed by atoms with Gasteiger partial charge in [0.25, 0.3) is 0 Å². The fourth-order valence-electron chi connectivity index (χ4n) is 5.27. The lowest BCUT2D eigenvalue weighted by molar-refractivity contribution is -0.146. The summed E-state index contributed by atoms with van der Waals surface area (Å²) in [4.78, 5) is 12.7. The minimum atomic E-state index is -0.171. The molecular formula is C18H20Cl2N2O. The molecule has 0 unspecified atom stereocenters. The van der Waals surface area contributed by atoms with Crippen molar-refractivity contribution in [2.24, 2.45) is 28.3 Å². The van der Waals surface area contributed by atoms with E-state index in [0.717, 1.165) is 42.6 Å². The number of benzene rings is 1. The normalized spacial score (nSPS) is 35.0. The number of carbonyl (C=O) groups is 1. The van der Waals surface area contributed by atoms with Crippen LogP contribution in [0, 0.1) is 23.2 Å². The van der Waals surface area contributed by atoms with Crippen molar-refractivity contribution in [1.82, 2.24) is 5.43 Å². The smallest absolute Gasteiger partial charge is 0.246 e. The summed E-state index contributed by atoms with van der Waals surface area (Å²) in [5, 5.41) is 5.26. The second-order valence-electron chi connectivity index (χ2n) is 7.56. The zero-order valence-electron chi connectivity index (χ0n) is 12.9. The number of nitrogens with one attached hydrogen (secondary N) is 1. The van der Waals surface area contributed by atoms with E-state index in [2.05, 4.69) is 10.5 Å². The van der Waals surface area contributed by atoms with Gasteiger partial charge in [0.15, 0.2) is 0 Å². The summed E-state index contributed by atoms with van der Waals surface area (Å²) in [6.07, 6.45) is 8.71. The molecule has 0 aromatic heterocycles. The molecule has 1 aromatic rings. The van der Waals surface area contributed by atoms with Gasteiger partial charge in [-0.1, -0.05) is 29.3 Å². The number of carbonyl (C=O) groups excluding carboxylic acids is 1. The highest BCUT2D eigenvalue weighted by Crippen LogP contribution is 2.60. The highest BCUT2D eigenvalue weighted by Gasteiger charge is 2.54. The molecule has 122 valence electrons. The molecule has 4 fully saturated rings. The van der Waals surface area contributed by atoms with Crippen LogP contribution >= 0.6 is 23.2 Å². The first-order chi connectivity index (χ1) is 11.0. The molecule has 0 saturated heterocycles. The molecule has 4 aliphatic carbocycles. The van der Waals surface area contributed by atoms with E-state index in [0.29, 0.717) is 10.0 Å². The van der Waals surface area contributed by atoms with Crippen LogP contribution < -0.4 is 5.43 Å². The van der Waals surface area contributed by atoms with Gasteiger partial charge in [-0.05, 0) is 68.4 Å². The molecule has 0 atom stereocenters. The topological polar surface area (TPSA) is 41.5 Å². The third-order valence-corrected chi connectivity index (χ3v) is 6.41. The van der Waals surface area contributed by atoms with Gasteiger partial charge in [-0.3, -0.25) is 4.79 Å². The molecule has 0 heterocycles. The first-order valence-corrected chi connectivity index (χ1v) is 9.08. The van der Waals surface area contributed by atoms with Crippen molar-refractivity contribution in [1.29, 1.82) is 0 Å². The number of hydrogen-bond donors (Lipinski definition) is 1. The average molecular weight is 351 g/mol. The largest absolute Gasteiger partial charge is 0.273 e. The number of nitrogens with zero attached hydrogens (tertiary/aromatic N) is 1. The van der Waals surface area contributed by atoms with Gasteiger partial charge in [0, 0.05) is 10.6 Å². The monoisotopic (exact) mass is 350 g/mol. The third-order valence-electron chi connectivity index (χ3n) is 5.85. The van der Waals surface area contributed by atoms with Crippen molar-refractivity contribution in [3.8, 4) is 0 Å². The second kappa shape index (κ2) is 5.78. The van der Waals surface area contributed by atoms with Gasteiger partial charge in [-0.15, -0.1) is 0 Å². The molecule has 4 saturated carbocycles. The highest BCUT2D eigenvalue weighted by molar-refractivity contribution is 6.36. The van der Waals surface area contributed by atoms with Gasteiger partial charge in [-0.25, -0.2) is 5.43 Å². The van der Waals surface area contributed by atoms with Gasteiger partial charge in [0.1, 0.15) is 0 Å². The number of hydrazone groups is 1. The zero-order valence-corrected chi connectivity index (χ0v) is 14.4. The summed E-state index contributed by atoms with van der Waals surface area (Å²) >= 11 is 12.0. The van der Waals surface area contributed by atoms with Crippen molar-refractivity contribution in [2.45, 2.75) is 38.5 Å². The number of rotatable bonds is 3. The van der Waals surface area contributed by atoms with Crippen molar-refractivity contribution in [2.75, 3.05) is 0 Å². The van der Waals surface area contributed by atoms with E-state index in [9.17, 15) is 4.79 Å². The van der Waals surface area contributed by atoms with Crippen LogP contribution in [0.25, 0.3) is 0 Å². The Kier molecular flexibility index (Phi) is 3.89. The Balaban J connectivity index is 1.45. The van der Waals surface area contributed by atoms with Crippen molar-refractivity contribution < 1.29 is 4.79 Å². The van der Waals surface area contributed by atoms with E-state index in [1.54, 1.807) is 24.4 Å². The Morgan fingerprint density at radius 2 is 1.74 bits per heavy atom. The Hall–Kier alpha value is -1.06. The van der Waals surface area contributed by atoms with Crippen molar-refractivity contribution >= 4 is 35.3 Å². The molecule has 0 aliphatic heterocycles. The maximum absolute atomic E-state index is 12.7. The van der Waals surface area contributed by atoms with Crippen LogP contribution in [0.3, 0.4) is 0 Å². The van der Waals surface area contributed by atoms with E-state index in [1.807, 2.05) is 0 Å². The van der Waals surface area contributed by atoms with E-state index in [-0.39, 0.29) is 11.3 Å². The summed E-state index contributed by atoms with van der Waals surface area (Å²) in [6, 6.07) is 5.23. The molecule has 5 rings (SSSR count). The molecule has 4 aliphatic rings. The molecule has 3 nitrogen and oxygen atoms in total. The minimum Gasteiger partial charge on any atom is -0.273 e. The summed E-state index contributed by atoms with van der Waals surface area (Å²) < 4.78 is 0. The number of halogens is 2. The SMILES string of the molecule is O=C(N/N=C/c1ccc(Cl)cc1Cl)C12CC3CC(CC(C3)C1)C2. The summed E-state index contributed by atoms with van der Waals surface area (Å²) in [7, 11) is 0. The first-order valence-electron chi connectivity index (χ1n) is 8.33. The Labute approximate surface area is 146 Å². The van der Waals surface area contributed by atoms with E-state index in [4.69, 9.17) is 23.2 Å². The first kappa shape index (κ1) is 15.5. The zero-order chi connectivity index (χ0) is 16.0. The lowest BCUT2D eigenvalue weighted by Gasteiger charge is -2.55. The third kappa shape index (κ3) is 2.89. The standard InChI is InChI=1S/C18H20Cl2N2O/c19-15-2-1-14(16(20)6-15)10-21-22-17(23)18-7-11-3-12(8-18)5-13(4-11)9-18/h1-2,6,10-13H,3-5,7-9H2,(H,22,23)/b21-10+. The predicted molar refractivity (Wildman–Crippen MR) is 92.8 cm³/mol. The molecule has 1 N–H and O–H groups in total. The van der Waals surface area contributed by atoms with Crippen molar-refractivity contribution in [3.63, 3.8) is 0 Å². The van der Waals surface area contributed by atoms with Crippen LogP contribution in [0.5, 0.6) is 0 Å². The van der Waals surface area contributed by atoms with Crippen LogP contribution in [0.15, 0.2) is 23.3 Å². The lowest BCUT2D eigenvalue weighted by Crippen LogP contribution is -2.52. The van der Waals surface area contributed by atoms with E-state index < -0.39 is 0 Å². The summed E-state index contributed by atoms with van der Waals surface area (Å²) in [5.41, 5.74) is 3.35. The average Bonchev–Trinajstić information content (AvgIpc) is 2.48. The Morgan fingerprint density at radius 3 is 2.30 bits per heavy atom. The van der Waals surface area contributed by atoms with Crippen LogP contribution in [-0.2, 0) is 4.79 Å². The predicted octanol–water partition coefficient (Wildman–Crippen LogP) is 4.66. The molecule has 5 heteroatoms. The molecule has 4 bridgehead atoms. The molecule has 0 radical (unpaired) electrons. The van der Waals surface area contributed by atoms with Gasteiger partial charge in [0.05, 0.1) is 16.7 Å². The quantitative estimate of drug-likeness (QED) is 0.625. The number of amides is 1. The van der Waals surface area contributed by atoms with Gasteiger partial charge >= 0.3 is 0 Å². The number of hydrogen-bond acceptors (Lipinski definition) is 2. The molecule has 1 amide bonds. The van der Waals surface area contributed by atoms with Crippen LogP contribution in [0.4, 0.5) is 0 Å². The highest BCUT2D eigenvalue weighted by atomic mass is 35.5. The maximum Gasteiger partial charge on any atom is 0.246 e. The van der Waals surface area contributed by atoms with Gasteiger partial charge < -0.3 is 0 Å². The summed E-state index contributed by atoms with van der Waals surface area (Å²) in [5.74, 6) is 2.35. The van der Waals surface area contributed by atoms with E-state index in [1.165, 1.54) is 19.3 Å². The lowest BCUT2D eigenvalue weighted by atomic mass is 9.49. The van der Waals surface area contributed by atoms with Gasteiger partial charge in [0.2, 0.25) is 5.91 Å². The Bertz CT molecular complexity index is 636. The van der Waals surface area contributed by atoms with Crippen molar-refractivity contribution in [3.05, 3.63) is 33.8 Å². The van der Waals surface area contributed by atoms with Crippen LogP contribution in [-0.4, -0.2) is 12.1 Å². The fraction of sp³-hybridized carbons (Fsp3) is 0.556. The van der Waals surface area contributed by atoms with Crippen LogP contribution in [0.1, 0.15) is 44.1 Å². The molecular weight excluding hydrogens is 331 g/mol. The fourth-order valence-corrected chi connectivity index (χ4v) is 5.73. The second-order valence-corrected chi connectivity index (χ2v) is 8.41. The molecule has 0 spiro atoms. The van der Waals surface area contributed by atoms with E-state index >= 15 is 0 Å². The van der Waals surface area contributed by atoms with Gasteiger partial charge in [-0.2, -0.15) is 5.10 Å². The molecule has 1 aromatic carbocycles. The summed E-state index contributed by atoms with van der Waals surface area (Å²) in [6.45, 7) is 0. The van der Waals surface area contributed by atoms with Crippen LogP contribution in [0.2, 0.25) is 10.0 Å². The Morgan fingerprint density at radius 1 is 1.13 bits per heavy atom. The minimum absolute atomic E-state index is 0.0953. The maximum atomic E-state index is 12.7.